The molecule has 1 unspecified atom stereocenters. The van der Waals surface area contributed by atoms with Crippen LogP contribution in [0.25, 0.3) is 0 Å². The van der Waals surface area contributed by atoms with Gasteiger partial charge in [-0.25, -0.2) is 9.97 Å². The van der Waals surface area contributed by atoms with Gasteiger partial charge in [0.05, 0.1) is 12.7 Å². The lowest BCUT2D eigenvalue weighted by Gasteiger charge is -2.33. The summed E-state index contributed by atoms with van der Waals surface area (Å²) in [5.41, 5.74) is 1.01. The van der Waals surface area contributed by atoms with Crippen molar-refractivity contribution in [2.24, 2.45) is 0 Å². The number of aryl methyl sites for hydroxylation is 2. The number of piperidine rings is 1. The highest BCUT2D eigenvalue weighted by molar-refractivity contribution is 5.40. The molecule has 1 atom stereocenters. The van der Waals surface area contributed by atoms with Crippen LogP contribution in [0, 0.1) is 13.8 Å². The average molecular weight is 284 g/mol. The average Bonchev–Trinajstić information content (AvgIpc) is 2.47. The molecule has 0 bridgehead atoms. The maximum atomic E-state index is 6.02. The van der Waals surface area contributed by atoms with Gasteiger partial charge >= 0.3 is 0 Å². The van der Waals surface area contributed by atoms with Gasteiger partial charge in [0.1, 0.15) is 23.5 Å². The van der Waals surface area contributed by atoms with Crippen LogP contribution in [-0.4, -0.2) is 34.1 Å². The number of hydrogen-bond acceptors (Lipinski definition) is 5. The highest BCUT2D eigenvalue weighted by atomic mass is 16.5. The van der Waals surface area contributed by atoms with Crippen molar-refractivity contribution < 1.29 is 4.74 Å². The largest absolute Gasteiger partial charge is 0.487 e. The minimum atomic E-state index is 0.179. The fourth-order valence-corrected chi connectivity index (χ4v) is 2.71. The molecule has 0 spiro atoms. The number of rotatable bonds is 3. The molecule has 0 amide bonds. The predicted molar refractivity (Wildman–Crippen MR) is 81.6 cm³/mol. The Bertz CT molecular complexity index is 582. The van der Waals surface area contributed by atoms with E-state index in [2.05, 4.69) is 19.9 Å². The number of anilines is 1. The van der Waals surface area contributed by atoms with Crippen molar-refractivity contribution >= 4 is 5.82 Å². The normalized spacial score (nSPS) is 18.6. The van der Waals surface area contributed by atoms with Gasteiger partial charge in [0, 0.05) is 24.5 Å². The zero-order chi connectivity index (χ0) is 14.7. The first-order valence-corrected chi connectivity index (χ1v) is 7.34. The molecule has 3 heterocycles. The monoisotopic (exact) mass is 284 g/mol. The molecule has 2 aromatic rings. The summed E-state index contributed by atoms with van der Waals surface area (Å²) in [4.78, 5) is 15.3. The van der Waals surface area contributed by atoms with E-state index in [1.165, 1.54) is 0 Å². The Labute approximate surface area is 125 Å². The summed E-state index contributed by atoms with van der Waals surface area (Å²) in [5, 5.41) is 0. The van der Waals surface area contributed by atoms with Crippen molar-refractivity contribution in [1.29, 1.82) is 0 Å². The lowest BCUT2D eigenvalue weighted by Crippen LogP contribution is -2.41. The topological polar surface area (TPSA) is 51.1 Å². The van der Waals surface area contributed by atoms with Crippen LogP contribution in [-0.2, 0) is 0 Å². The van der Waals surface area contributed by atoms with E-state index in [1.807, 2.05) is 32.0 Å². The summed E-state index contributed by atoms with van der Waals surface area (Å²) in [6.45, 7) is 5.81. The van der Waals surface area contributed by atoms with Gasteiger partial charge in [-0.05, 0) is 38.8 Å². The van der Waals surface area contributed by atoms with Gasteiger partial charge in [0.25, 0.3) is 0 Å². The van der Waals surface area contributed by atoms with E-state index >= 15 is 0 Å². The summed E-state index contributed by atoms with van der Waals surface area (Å²) in [6.07, 6.45) is 5.87. The van der Waals surface area contributed by atoms with Crippen molar-refractivity contribution in [3.8, 4) is 5.75 Å². The zero-order valence-corrected chi connectivity index (χ0v) is 12.5. The molecule has 5 nitrogen and oxygen atoms in total. The van der Waals surface area contributed by atoms with E-state index in [9.17, 15) is 0 Å². The first-order valence-electron chi connectivity index (χ1n) is 7.34. The number of nitrogens with zero attached hydrogens (tertiary/aromatic N) is 4. The van der Waals surface area contributed by atoms with Crippen LogP contribution in [0.15, 0.2) is 30.6 Å². The van der Waals surface area contributed by atoms with E-state index in [1.54, 1.807) is 12.4 Å². The van der Waals surface area contributed by atoms with Crippen LogP contribution >= 0.6 is 0 Å². The quantitative estimate of drug-likeness (QED) is 0.867. The number of hydrogen-bond donors (Lipinski definition) is 0. The highest BCUT2D eigenvalue weighted by Crippen LogP contribution is 2.22. The minimum Gasteiger partial charge on any atom is -0.487 e. The van der Waals surface area contributed by atoms with E-state index in [4.69, 9.17) is 4.74 Å². The first-order chi connectivity index (χ1) is 10.2. The maximum Gasteiger partial charge on any atom is 0.138 e. The van der Waals surface area contributed by atoms with Gasteiger partial charge in [0.2, 0.25) is 0 Å². The van der Waals surface area contributed by atoms with E-state index in [0.29, 0.717) is 0 Å². The van der Waals surface area contributed by atoms with Gasteiger partial charge in [-0.1, -0.05) is 0 Å². The lowest BCUT2D eigenvalue weighted by atomic mass is 10.1. The van der Waals surface area contributed by atoms with Gasteiger partial charge in [-0.15, -0.1) is 0 Å². The van der Waals surface area contributed by atoms with Crippen molar-refractivity contribution in [2.45, 2.75) is 32.8 Å². The molecule has 0 radical (unpaired) electrons. The summed E-state index contributed by atoms with van der Waals surface area (Å²) in [6, 6.07) is 5.89. The molecule has 0 aliphatic carbocycles. The molecule has 1 aliphatic heterocycles. The molecule has 0 saturated carbocycles. The Morgan fingerprint density at radius 3 is 2.95 bits per heavy atom. The summed E-state index contributed by atoms with van der Waals surface area (Å²) < 4.78 is 6.02. The fraction of sp³-hybridized carbons (Fsp3) is 0.438. The molecule has 0 aromatic carbocycles. The van der Waals surface area contributed by atoms with E-state index < -0.39 is 0 Å². The molecule has 5 heteroatoms. The van der Waals surface area contributed by atoms with Crippen molar-refractivity contribution in [2.75, 3.05) is 18.0 Å². The fourth-order valence-electron chi connectivity index (χ4n) is 2.71. The van der Waals surface area contributed by atoms with Gasteiger partial charge in [0.15, 0.2) is 0 Å². The highest BCUT2D eigenvalue weighted by Gasteiger charge is 2.22. The molecule has 0 N–H and O–H groups in total. The Kier molecular flexibility index (Phi) is 3.99. The third-order valence-corrected chi connectivity index (χ3v) is 3.59. The third kappa shape index (κ3) is 3.48. The van der Waals surface area contributed by atoms with Crippen LogP contribution in [0.5, 0.6) is 5.75 Å². The molecular formula is C16H20N4O. The molecule has 110 valence electrons. The summed E-state index contributed by atoms with van der Waals surface area (Å²) in [5.74, 6) is 2.65. The van der Waals surface area contributed by atoms with Gasteiger partial charge in [-0.2, -0.15) is 0 Å². The second-order valence-electron chi connectivity index (χ2n) is 5.43. The number of ether oxygens (including phenoxy) is 1. The molecular weight excluding hydrogens is 264 g/mol. The van der Waals surface area contributed by atoms with Crippen LogP contribution < -0.4 is 9.64 Å². The van der Waals surface area contributed by atoms with Gasteiger partial charge in [-0.3, -0.25) is 4.98 Å². The Morgan fingerprint density at radius 1 is 1.29 bits per heavy atom. The Hall–Kier alpha value is -2.17. The summed E-state index contributed by atoms with van der Waals surface area (Å²) >= 11 is 0. The smallest absolute Gasteiger partial charge is 0.138 e. The van der Waals surface area contributed by atoms with Crippen molar-refractivity contribution in [3.63, 3.8) is 0 Å². The maximum absolute atomic E-state index is 6.02. The van der Waals surface area contributed by atoms with Crippen molar-refractivity contribution in [1.82, 2.24) is 15.0 Å². The standard InChI is InChI=1S/C16H20N4O/c1-12-9-16(19-13(2)18-12)20-8-4-6-15(11-20)21-14-5-3-7-17-10-14/h3,5,7,9-10,15H,4,6,8,11H2,1-2H3. The molecule has 2 aromatic heterocycles. The lowest BCUT2D eigenvalue weighted by molar-refractivity contribution is 0.178. The predicted octanol–water partition coefficient (Wildman–Crippen LogP) is 2.54. The number of pyridine rings is 1. The van der Waals surface area contributed by atoms with Crippen LogP contribution in [0.2, 0.25) is 0 Å². The molecule has 21 heavy (non-hydrogen) atoms. The minimum absolute atomic E-state index is 0.179. The molecule has 3 rings (SSSR count). The Morgan fingerprint density at radius 2 is 2.19 bits per heavy atom. The Balaban J connectivity index is 1.70. The summed E-state index contributed by atoms with van der Waals surface area (Å²) in [7, 11) is 0. The number of aromatic nitrogens is 3. The van der Waals surface area contributed by atoms with E-state index in [-0.39, 0.29) is 6.10 Å². The molecule has 1 aliphatic rings. The third-order valence-electron chi connectivity index (χ3n) is 3.59. The van der Waals surface area contributed by atoms with Crippen LogP contribution in [0.4, 0.5) is 5.82 Å². The van der Waals surface area contributed by atoms with Gasteiger partial charge < -0.3 is 9.64 Å². The van der Waals surface area contributed by atoms with Crippen LogP contribution in [0.3, 0.4) is 0 Å². The van der Waals surface area contributed by atoms with Crippen LogP contribution in [0.1, 0.15) is 24.4 Å². The SMILES string of the molecule is Cc1cc(N2CCCC(Oc3cccnc3)C2)nc(C)n1. The second kappa shape index (κ2) is 6.08. The van der Waals surface area contributed by atoms with E-state index in [0.717, 1.165) is 49.0 Å². The second-order valence-corrected chi connectivity index (χ2v) is 5.43. The molecule has 1 fully saturated rings. The first kappa shape index (κ1) is 13.8. The van der Waals surface area contributed by atoms with Crippen molar-refractivity contribution in [3.05, 3.63) is 42.1 Å². The zero-order valence-electron chi connectivity index (χ0n) is 12.5. The molecule has 1 saturated heterocycles.